The fraction of sp³-hybridized carbons (Fsp3) is 0.463. The number of benzene rings is 3. The molecule has 11 rings (SSSR count). The van der Waals surface area contributed by atoms with E-state index in [-0.39, 0.29) is 30.9 Å². The van der Waals surface area contributed by atoms with Gasteiger partial charge in [-0.3, -0.25) is 19.9 Å². The Labute approximate surface area is 326 Å². The minimum Gasteiger partial charge on any atom is -0.504 e. The van der Waals surface area contributed by atoms with Crippen LogP contribution in [0.5, 0.6) is 34.5 Å². The Bertz CT molecular complexity index is 2360. The molecule has 56 heavy (non-hydrogen) atoms. The third-order valence-corrected chi connectivity index (χ3v) is 14.2. The maximum Gasteiger partial charge on any atom is 0.335 e. The van der Waals surface area contributed by atoms with Gasteiger partial charge in [-0.05, 0) is 63.1 Å². The summed E-state index contributed by atoms with van der Waals surface area (Å²) in [5.41, 5.74) is 4.50. The number of methoxy groups -OCH3 is 2. The Balaban J connectivity index is 1.23. The second-order valence-corrected chi connectivity index (χ2v) is 16.7. The first-order valence-corrected chi connectivity index (χ1v) is 19.9. The summed E-state index contributed by atoms with van der Waals surface area (Å²) in [5, 5.41) is 28.5. The van der Waals surface area contributed by atoms with Crippen molar-refractivity contribution in [2.45, 2.75) is 74.8 Å². The number of phenolic OH excluding ortho intramolecular Hbond substituents is 1. The van der Waals surface area contributed by atoms with Crippen molar-refractivity contribution in [1.82, 2.24) is 15.1 Å². The van der Waals surface area contributed by atoms with E-state index in [9.17, 15) is 19.8 Å². The molecule has 294 valence electrons. The number of rotatable bonds is 3. The number of carbonyl (C=O) groups is 2. The molecule has 1 spiro atoms. The van der Waals surface area contributed by atoms with Crippen molar-refractivity contribution < 1.29 is 52.6 Å². The molecule has 14 nitrogen and oxygen atoms in total. The monoisotopic (exact) mass is 785 g/mol. The first-order chi connectivity index (χ1) is 27.0. The lowest BCUT2D eigenvalue weighted by Crippen LogP contribution is -2.70. The van der Waals surface area contributed by atoms with E-state index in [0.29, 0.717) is 81.7 Å². The summed E-state index contributed by atoms with van der Waals surface area (Å²) in [6, 6.07) is 5.46. The number of piperazine rings is 1. The second-order valence-electron chi connectivity index (χ2n) is 15.5. The zero-order chi connectivity index (χ0) is 38.9. The van der Waals surface area contributed by atoms with Crippen LogP contribution < -0.4 is 29.0 Å². The standard InChI is InChI=1S/C41H43N3O11S/c1-17-11-20-12-24-39(47)44-25-14-51-40(48)41(38-22(9-10-42-41)23-13-21(49-5)7-8-26(23)55-38)15-56-37(31(44)30(43(24)4)27(20)32(46)33(17)50-6)29-28(25)36-35(52-16-53-36)18(2)34(29)54-19(3)45/h7-8,11,13,24-25,30-31,37,39,42,46-47H,9-10,12,14-16H2,1-6H3/t24-,25-,30+,31+,37+,39-,41-/m0/s1. The molecule has 0 radical (unpaired) electrons. The summed E-state index contributed by atoms with van der Waals surface area (Å²) in [4.78, 5) is 31.9. The lowest BCUT2D eigenvalue weighted by atomic mass is 9.73. The molecule has 7 aliphatic rings. The molecular weight excluding hydrogens is 743 g/mol. The third-order valence-electron chi connectivity index (χ3n) is 12.8. The van der Waals surface area contributed by atoms with E-state index in [1.165, 1.54) is 18.7 Å². The maximum atomic E-state index is 14.8. The molecular formula is C41H43N3O11S. The Hall–Kier alpha value is -4.67. The molecule has 15 heteroatoms. The van der Waals surface area contributed by atoms with Gasteiger partial charge in [0.15, 0.2) is 28.5 Å². The summed E-state index contributed by atoms with van der Waals surface area (Å²) < 4.78 is 42.7. The molecule has 4 bridgehead atoms. The van der Waals surface area contributed by atoms with E-state index < -0.39 is 47.1 Å². The number of thioether (sulfide) groups is 1. The van der Waals surface area contributed by atoms with Gasteiger partial charge in [0.1, 0.15) is 35.7 Å². The van der Waals surface area contributed by atoms with Crippen molar-refractivity contribution >= 4 is 34.7 Å². The Morgan fingerprint density at radius 3 is 2.62 bits per heavy atom. The SMILES string of the molecule is COc1ccc2oc3c(c2c1)CCN[C@@]31CS[C@@H]2c3c(OC(C)=O)c(C)c4c(c3[C@H](COC1=O)N1[C@@H]2[C@H]2c3c(cc(C)c(OC)c3O)C[C@@H]([C@@H]1O)N2C)OCO4. The maximum absolute atomic E-state index is 14.8. The molecule has 3 aromatic carbocycles. The number of phenols is 1. The molecule has 0 unspecified atom stereocenters. The third kappa shape index (κ3) is 4.71. The quantitative estimate of drug-likeness (QED) is 0.197. The van der Waals surface area contributed by atoms with Gasteiger partial charge in [-0.1, -0.05) is 6.07 Å². The summed E-state index contributed by atoms with van der Waals surface area (Å²) in [6.45, 7) is 5.36. The number of aliphatic hydroxyl groups excluding tert-OH is 1. The Morgan fingerprint density at radius 1 is 1.05 bits per heavy atom. The lowest BCUT2D eigenvalue weighted by Gasteiger charge is -2.62. The lowest BCUT2D eigenvalue weighted by molar-refractivity contribution is -0.186. The summed E-state index contributed by atoms with van der Waals surface area (Å²) in [6.07, 6.45) is 0.0463. The molecule has 3 N–H and O–H groups in total. The van der Waals surface area contributed by atoms with Crippen LogP contribution in [0.2, 0.25) is 0 Å². The van der Waals surface area contributed by atoms with Gasteiger partial charge in [0.2, 0.25) is 6.79 Å². The number of carbonyl (C=O) groups excluding carboxylic acids is 2. The highest BCUT2D eigenvalue weighted by atomic mass is 32.2. The minimum absolute atomic E-state index is 0.0496. The number of likely N-dealkylation sites (N-methyl/N-ethyl adjacent to an activating group) is 1. The number of aliphatic hydroxyl groups is 1. The van der Waals surface area contributed by atoms with Crippen molar-refractivity contribution in [1.29, 1.82) is 0 Å². The average molecular weight is 786 g/mol. The van der Waals surface area contributed by atoms with Gasteiger partial charge in [-0.25, -0.2) is 4.79 Å². The number of nitrogens with one attached hydrogen (secondary N) is 1. The van der Waals surface area contributed by atoms with Crippen LogP contribution in [-0.2, 0) is 32.7 Å². The first kappa shape index (κ1) is 35.7. The van der Waals surface area contributed by atoms with Crippen LogP contribution in [0.3, 0.4) is 0 Å². The van der Waals surface area contributed by atoms with Crippen LogP contribution in [0, 0.1) is 13.8 Å². The summed E-state index contributed by atoms with van der Waals surface area (Å²) in [5.74, 6) is 1.99. The van der Waals surface area contributed by atoms with Crippen molar-refractivity contribution in [2.24, 2.45) is 0 Å². The van der Waals surface area contributed by atoms with E-state index in [1.54, 1.807) is 14.2 Å². The molecule has 7 aliphatic heterocycles. The number of hydrogen-bond acceptors (Lipinski definition) is 15. The highest BCUT2D eigenvalue weighted by Gasteiger charge is 2.62. The van der Waals surface area contributed by atoms with E-state index in [0.717, 1.165) is 22.1 Å². The Morgan fingerprint density at radius 2 is 1.86 bits per heavy atom. The topological polar surface area (TPSA) is 162 Å². The number of aryl methyl sites for hydroxylation is 1. The van der Waals surface area contributed by atoms with Crippen LogP contribution in [0.25, 0.3) is 11.0 Å². The van der Waals surface area contributed by atoms with E-state index in [1.807, 2.05) is 50.1 Å². The highest BCUT2D eigenvalue weighted by molar-refractivity contribution is 7.99. The molecule has 0 saturated carbocycles. The molecule has 8 heterocycles. The predicted octanol–water partition coefficient (Wildman–Crippen LogP) is 4.45. The fourth-order valence-corrected chi connectivity index (χ4v) is 12.1. The summed E-state index contributed by atoms with van der Waals surface area (Å²) >= 11 is 1.49. The average Bonchev–Trinajstić information content (AvgIpc) is 3.82. The molecule has 4 aromatic rings. The van der Waals surface area contributed by atoms with E-state index >= 15 is 0 Å². The smallest absolute Gasteiger partial charge is 0.335 e. The first-order valence-electron chi connectivity index (χ1n) is 18.8. The molecule has 2 fully saturated rings. The molecule has 2 saturated heterocycles. The van der Waals surface area contributed by atoms with Gasteiger partial charge in [-0.15, -0.1) is 11.8 Å². The normalized spacial score (nSPS) is 28.9. The van der Waals surface area contributed by atoms with Gasteiger partial charge in [0, 0.05) is 58.5 Å². The number of ether oxygens (including phenoxy) is 6. The van der Waals surface area contributed by atoms with Crippen molar-refractivity contribution in [3.63, 3.8) is 0 Å². The van der Waals surface area contributed by atoms with Gasteiger partial charge in [0.05, 0.1) is 37.6 Å². The van der Waals surface area contributed by atoms with Crippen LogP contribution in [0.4, 0.5) is 0 Å². The van der Waals surface area contributed by atoms with Crippen molar-refractivity contribution in [2.75, 3.05) is 47.0 Å². The van der Waals surface area contributed by atoms with Crippen LogP contribution in [0.1, 0.15) is 69.0 Å². The van der Waals surface area contributed by atoms with Gasteiger partial charge in [-0.2, -0.15) is 0 Å². The van der Waals surface area contributed by atoms with Crippen LogP contribution in [-0.4, -0.2) is 97.2 Å². The van der Waals surface area contributed by atoms with Crippen LogP contribution in [0.15, 0.2) is 28.7 Å². The van der Waals surface area contributed by atoms with E-state index in [4.69, 9.17) is 32.8 Å². The number of hydrogen-bond donors (Lipinski definition) is 3. The Kier molecular flexibility index (Phi) is 8.08. The van der Waals surface area contributed by atoms with Crippen molar-refractivity contribution in [3.8, 4) is 34.5 Å². The molecule has 7 atom stereocenters. The number of esters is 2. The largest absolute Gasteiger partial charge is 0.504 e. The zero-order valence-electron chi connectivity index (χ0n) is 31.9. The van der Waals surface area contributed by atoms with E-state index in [2.05, 4.69) is 10.2 Å². The zero-order valence-corrected chi connectivity index (χ0v) is 32.7. The van der Waals surface area contributed by atoms with Crippen LogP contribution >= 0.6 is 11.8 Å². The van der Waals surface area contributed by atoms with Gasteiger partial charge < -0.3 is 43.1 Å². The number of furan rings is 1. The van der Waals surface area contributed by atoms with Gasteiger partial charge >= 0.3 is 11.9 Å². The summed E-state index contributed by atoms with van der Waals surface area (Å²) in [7, 11) is 5.13. The number of aromatic hydroxyl groups is 1. The van der Waals surface area contributed by atoms with Crippen molar-refractivity contribution in [3.05, 3.63) is 69.0 Å². The molecule has 0 aliphatic carbocycles. The fourth-order valence-electron chi connectivity index (χ4n) is 10.4. The molecule has 0 amide bonds. The minimum atomic E-state index is -1.39. The van der Waals surface area contributed by atoms with Gasteiger partial charge in [0.25, 0.3) is 0 Å². The highest BCUT2D eigenvalue weighted by Crippen LogP contribution is 2.64. The number of fused-ring (bicyclic) bond motifs is 11. The number of nitrogens with zero attached hydrogens (tertiary/aromatic N) is 2. The molecule has 1 aromatic heterocycles. The second kappa shape index (κ2) is 12.7. The predicted molar refractivity (Wildman–Crippen MR) is 203 cm³/mol.